The Labute approximate surface area is 120 Å². The molecule has 2 N–H and O–H groups in total. The number of aryl methyl sites for hydroxylation is 1. The third-order valence-corrected chi connectivity index (χ3v) is 4.90. The summed E-state index contributed by atoms with van der Waals surface area (Å²) >= 11 is 0. The Morgan fingerprint density at radius 2 is 2.29 bits per heavy atom. The molecule has 0 bridgehead atoms. The molecule has 1 aliphatic rings. The van der Waals surface area contributed by atoms with Crippen LogP contribution >= 0.6 is 0 Å². The molecule has 1 saturated heterocycles. The van der Waals surface area contributed by atoms with Gasteiger partial charge in [-0.15, -0.1) is 0 Å². The first kappa shape index (κ1) is 15.2. The fourth-order valence-electron chi connectivity index (χ4n) is 2.11. The van der Waals surface area contributed by atoms with E-state index in [1.807, 2.05) is 0 Å². The molecule has 0 aliphatic carbocycles. The molecule has 2 amide bonds. The summed E-state index contributed by atoms with van der Waals surface area (Å²) in [6.45, 7) is -0.579. The van der Waals surface area contributed by atoms with Crippen molar-refractivity contribution in [1.82, 2.24) is 19.7 Å². The third kappa shape index (κ3) is 3.68. The lowest BCUT2D eigenvalue weighted by molar-refractivity contribution is -0.138. The van der Waals surface area contributed by atoms with Crippen LogP contribution in [0, 0.1) is 0 Å². The number of urea groups is 1. The highest BCUT2D eigenvalue weighted by atomic mass is 32.2. The van der Waals surface area contributed by atoms with E-state index in [0.717, 1.165) is 4.90 Å². The van der Waals surface area contributed by atoms with Crippen molar-refractivity contribution in [1.29, 1.82) is 0 Å². The molecule has 116 valence electrons. The van der Waals surface area contributed by atoms with Gasteiger partial charge in [0.2, 0.25) is 5.95 Å². The van der Waals surface area contributed by atoms with Gasteiger partial charge in [0, 0.05) is 13.1 Å². The van der Waals surface area contributed by atoms with Gasteiger partial charge in [-0.05, 0) is 6.42 Å². The number of carbonyl (C=O) groups is 2. The first-order valence-electron chi connectivity index (χ1n) is 6.12. The number of aromatic nitrogens is 3. The van der Waals surface area contributed by atoms with Crippen LogP contribution < -0.4 is 5.32 Å². The normalized spacial score (nSPS) is 20.1. The Hall–Kier alpha value is -2.17. The summed E-state index contributed by atoms with van der Waals surface area (Å²) in [7, 11) is -1.67. The summed E-state index contributed by atoms with van der Waals surface area (Å²) in [4.78, 5) is 27.9. The zero-order valence-corrected chi connectivity index (χ0v) is 12.1. The first-order chi connectivity index (χ1) is 9.78. The minimum absolute atomic E-state index is 0.0506. The molecule has 1 atom stereocenters. The van der Waals surface area contributed by atoms with Gasteiger partial charge >= 0.3 is 12.0 Å². The SMILES string of the molecule is Cn1ncnc1NC(=O)N(CC(=O)O)C1CCS(=O)(=O)C1. The maximum atomic E-state index is 12.2. The largest absolute Gasteiger partial charge is 0.480 e. The number of hydrogen-bond donors (Lipinski definition) is 2. The first-order valence-corrected chi connectivity index (χ1v) is 7.94. The second-order valence-corrected chi connectivity index (χ2v) is 6.94. The number of anilines is 1. The Bertz CT molecular complexity index is 655. The number of hydrogen-bond acceptors (Lipinski definition) is 6. The van der Waals surface area contributed by atoms with Crippen molar-refractivity contribution in [3.8, 4) is 0 Å². The van der Waals surface area contributed by atoms with E-state index in [1.165, 1.54) is 11.0 Å². The van der Waals surface area contributed by atoms with Crippen LogP contribution in [0.3, 0.4) is 0 Å². The lowest BCUT2D eigenvalue weighted by Gasteiger charge is -2.26. The number of nitrogens with one attached hydrogen (secondary N) is 1. The van der Waals surface area contributed by atoms with Crippen LogP contribution in [0.4, 0.5) is 10.7 Å². The second-order valence-electron chi connectivity index (χ2n) is 4.72. The molecule has 1 aliphatic heterocycles. The number of rotatable bonds is 4. The molecule has 0 saturated carbocycles. The van der Waals surface area contributed by atoms with E-state index >= 15 is 0 Å². The minimum Gasteiger partial charge on any atom is -0.480 e. The summed E-state index contributed by atoms with van der Waals surface area (Å²) in [5, 5.41) is 15.1. The van der Waals surface area contributed by atoms with Crippen molar-refractivity contribution in [3.05, 3.63) is 6.33 Å². The van der Waals surface area contributed by atoms with Gasteiger partial charge < -0.3 is 10.0 Å². The summed E-state index contributed by atoms with van der Waals surface area (Å²) in [5.41, 5.74) is 0. The molecule has 0 radical (unpaired) electrons. The molecule has 10 nitrogen and oxygen atoms in total. The lowest BCUT2D eigenvalue weighted by Crippen LogP contribution is -2.46. The standard InChI is InChI=1S/C10H15N5O5S/c1-14-9(11-6-12-14)13-10(18)15(4-8(16)17)7-2-3-21(19,20)5-7/h6-7H,2-5H2,1H3,(H,16,17)(H,11,12,13,18). The predicted molar refractivity (Wildman–Crippen MR) is 71.4 cm³/mol. The van der Waals surface area contributed by atoms with E-state index < -0.39 is 34.4 Å². The maximum Gasteiger partial charge on any atom is 0.325 e. The Balaban J connectivity index is 2.14. The number of carboxylic acids is 1. The maximum absolute atomic E-state index is 12.2. The van der Waals surface area contributed by atoms with Gasteiger partial charge in [0.15, 0.2) is 9.84 Å². The number of carboxylic acid groups (broad SMARTS) is 1. The van der Waals surface area contributed by atoms with Crippen LogP contribution in [0.1, 0.15) is 6.42 Å². The molecule has 21 heavy (non-hydrogen) atoms. The van der Waals surface area contributed by atoms with E-state index in [0.29, 0.717) is 0 Å². The highest BCUT2D eigenvalue weighted by molar-refractivity contribution is 7.91. The molecular formula is C10H15N5O5S. The molecular weight excluding hydrogens is 302 g/mol. The van der Waals surface area contributed by atoms with Gasteiger partial charge in [-0.2, -0.15) is 10.1 Å². The molecule has 2 heterocycles. The van der Waals surface area contributed by atoms with Crippen molar-refractivity contribution in [3.63, 3.8) is 0 Å². The predicted octanol–water partition coefficient (Wildman–Crippen LogP) is -1.08. The molecule has 1 unspecified atom stereocenters. The molecule has 1 aromatic rings. The van der Waals surface area contributed by atoms with Crippen LogP contribution in [0.15, 0.2) is 6.33 Å². The smallest absolute Gasteiger partial charge is 0.325 e. The number of carbonyl (C=O) groups excluding carboxylic acids is 1. The van der Waals surface area contributed by atoms with E-state index in [9.17, 15) is 18.0 Å². The highest BCUT2D eigenvalue weighted by Gasteiger charge is 2.36. The van der Waals surface area contributed by atoms with E-state index in [1.54, 1.807) is 7.05 Å². The molecule has 1 fully saturated rings. The Morgan fingerprint density at radius 3 is 2.76 bits per heavy atom. The van der Waals surface area contributed by atoms with Crippen molar-refractivity contribution in [2.24, 2.45) is 7.05 Å². The van der Waals surface area contributed by atoms with Gasteiger partial charge in [0.25, 0.3) is 0 Å². The zero-order valence-electron chi connectivity index (χ0n) is 11.3. The number of amides is 2. The number of sulfone groups is 1. The number of nitrogens with zero attached hydrogens (tertiary/aromatic N) is 4. The average Bonchev–Trinajstić information content (AvgIpc) is 2.92. The molecule has 0 spiro atoms. The quantitative estimate of drug-likeness (QED) is 0.721. The van der Waals surface area contributed by atoms with Crippen molar-refractivity contribution < 1.29 is 23.1 Å². The highest BCUT2D eigenvalue weighted by Crippen LogP contribution is 2.18. The second kappa shape index (κ2) is 5.68. The van der Waals surface area contributed by atoms with Crippen molar-refractivity contribution in [2.75, 3.05) is 23.4 Å². The minimum atomic E-state index is -3.23. The fourth-order valence-corrected chi connectivity index (χ4v) is 3.84. The van der Waals surface area contributed by atoms with Gasteiger partial charge in [-0.3, -0.25) is 10.1 Å². The van der Waals surface area contributed by atoms with Gasteiger partial charge in [0.1, 0.15) is 12.9 Å². The molecule has 1 aromatic heterocycles. The van der Waals surface area contributed by atoms with E-state index in [-0.39, 0.29) is 23.9 Å². The van der Waals surface area contributed by atoms with Crippen LogP contribution in [-0.4, -0.2) is 69.3 Å². The van der Waals surface area contributed by atoms with Gasteiger partial charge in [-0.25, -0.2) is 17.9 Å². The van der Waals surface area contributed by atoms with Crippen LogP contribution in [0.25, 0.3) is 0 Å². The van der Waals surface area contributed by atoms with Crippen molar-refractivity contribution >= 4 is 27.8 Å². The van der Waals surface area contributed by atoms with Crippen LogP contribution in [0.5, 0.6) is 0 Å². The van der Waals surface area contributed by atoms with Gasteiger partial charge in [-0.1, -0.05) is 0 Å². The molecule has 2 rings (SSSR count). The molecule has 0 aromatic carbocycles. The third-order valence-electron chi connectivity index (χ3n) is 3.15. The lowest BCUT2D eigenvalue weighted by atomic mass is 10.2. The van der Waals surface area contributed by atoms with Crippen LogP contribution in [-0.2, 0) is 21.7 Å². The van der Waals surface area contributed by atoms with Crippen LogP contribution in [0.2, 0.25) is 0 Å². The number of aliphatic carboxylic acids is 1. The summed E-state index contributed by atoms with van der Waals surface area (Å²) in [6.07, 6.45) is 1.46. The van der Waals surface area contributed by atoms with E-state index in [2.05, 4.69) is 15.4 Å². The topological polar surface area (TPSA) is 134 Å². The monoisotopic (exact) mass is 317 g/mol. The summed E-state index contributed by atoms with van der Waals surface area (Å²) < 4.78 is 24.3. The summed E-state index contributed by atoms with van der Waals surface area (Å²) in [6, 6.07) is -1.37. The Kier molecular flexibility index (Phi) is 4.11. The Morgan fingerprint density at radius 1 is 1.57 bits per heavy atom. The van der Waals surface area contributed by atoms with E-state index in [4.69, 9.17) is 5.11 Å². The van der Waals surface area contributed by atoms with Crippen molar-refractivity contribution in [2.45, 2.75) is 12.5 Å². The molecule has 11 heteroatoms. The summed E-state index contributed by atoms with van der Waals surface area (Å²) in [5.74, 6) is -1.35. The zero-order chi connectivity index (χ0) is 15.6. The fraction of sp³-hybridized carbons (Fsp3) is 0.600. The van der Waals surface area contributed by atoms with Gasteiger partial charge in [0.05, 0.1) is 11.5 Å². The average molecular weight is 317 g/mol.